The Balaban J connectivity index is 2.06. The molecule has 0 bridgehead atoms. The lowest BCUT2D eigenvalue weighted by molar-refractivity contribution is -0.0707. The maximum Gasteiger partial charge on any atom is 0.128 e. The van der Waals surface area contributed by atoms with Crippen molar-refractivity contribution in [1.82, 2.24) is 4.90 Å². The molecular formula is C16H21FN2O. The summed E-state index contributed by atoms with van der Waals surface area (Å²) in [5, 5.41) is 0. The van der Waals surface area contributed by atoms with Gasteiger partial charge in [0.05, 0.1) is 18.8 Å². The van der Waals surface area contributed by atoms with Gasteiger partial charge in [0.25, 0.3) is 0 Å². The highest BCUT2D eigenvalue weighted by atomic mass is 19.1. The number of morpholine rings is 1. The Morgan fingerprint density at radius 1 is 1.35 bits per heavy atom. The summed E-state index contributed by atoms with van der Waals surface area (Å²) in [5.41, 5.74) is 6.67. The summed E-state index contributed by atoms with van der Waals surface area (Å²) in [7, 11) is 0. The van der Waals surface area contributed by atoms with E-state index in [2.05, 4.69) is 16.7 Å². The molecule has 1 aromatic rings. The van der Waals surface area contributed by atoms with E-state index in [1.54, 1.807) is 6.07 Å². The van der Waals surface area contributed by atoms with Gasteiger partial charge in [0.1, 0.15) is 5.82 Å². The molecule has 1 saturated heterocycles. The van der Waals surface area contributed by atoms with Gasteiger partial charge in [0.2, 0.25) is 0 Å². The fourth-order valence-corrected chi connectivity index (χ4v) is 2.56. The highest BCUT2D eigenvalue weighted by Crippen LogP contribution is 2.17. The molecule has 4 heteroatoms. The second-order valence-electron chi connectivity index (χ2n) is 5.26. The van der Waals surface area contributed by atoms with Crippen LogP contribution in [0.2, 0.25) is 0 Å². The molecule has 20 heavy (non-hydrogen) atoms. The van der Waals surface area contributed by atoms with E-state index in [1.165, 1.54) is 6.07 Å². The van der Waals surface area contributed by atoms with Crippen molar-refractivity contribution < 1.29 is 9.13 Å². The van der Waals surface area contributed by atoms with Crippen LogP contribution in [-0.2, 0) is 11.3 Å². The van der Waals surface area contributed by atoms with Crippen LogP contribution >= 0.6 is 0 Å². The second-order valence-corrected chi connectivity index (χ2v) is 5.26. The standard InChI is InChI=1S/C16H21FN2O/c1-12-9-19(10-13(2)20-12)11-15-6-5-14(4-3-7-18)8-16(15)17/h5-6,8,12-13H,7,9-11,18H2,1-2H3. The first-order valence-electron chi connectivity index (χ1n) is 6.93. The Morgan fingerprint density at radius 2 is 2.05 bits per heavy atom. The van der Waals surface area contributed by atoms with Crippen molar-refractivity contribution in [2.75, 3.05) is 19.6 Å². The first kappa shape index (κ1) is 15.0. The zero-order chi connectivity index (χ0) is 14.5. The number of nitrogens with zero attached hydrogens (tertiary/aromatic N) is 1. The normalized spacial score (nSPS) is 23.2. The van der Waals surface area contributed by atoms with E-state index in [-0.39, 0.29) is 24.6 Å². The van der Waals surface area contributed by atoms with Crippen LogP contribution in [0.15, 0.2) is 18.2 Å². The molecule has 2 N–H and O–H groups in total. The monoisotopic (exact) mass is 276 g/mol. The Bertz CT molecular complexity index is 511. The summed E-state index contributed by atoms with van der Waals surface area (Å²) < 4.78 is 19.8. The van der Waals surface area contributed by atoms with Gasteiger partial charge in [-0.05, 0) is 26.0 Å². The van der Waals surface area contributed by atoms with Crippen molar-refractivity contribution in [1.29, 1.82) is 0 Å². The highest BCUT2D eigenvalue weighted by Gasteiger charge is 2.22. The molecule has 2 unspecified atom stereocenters. The van der Waals surface area contributed by atoms with Crippen LogP contribution in [0.4, 0.5) is 4.39 Å². The molecule has 1 aliphatic rings. The summed E-state index contributed by atoms with van der Waals surface area (Å²) in [5.74, 6) is 5.36. The molecule has 108 valence electrons. The van der Waals surface area contributed by atoms with E-state index >= 15 is 0 Å². The molecule has 3 nitrogen and oxygen atoms in total. The van der Waals surface area contributed by atoms with E-state index < -0.39 is 0 Å². The van der Waals surface area contributed by atoms with Crippen LogP contribution in [-0.4, -0.2) is 36.7 Å². The minimum atomic E-state index is -0.208. The third-order valence-electron chi connectivity index (χ3n) is 3.28. The fraction of sp³-hybridized carbons (Fsp3) is 0.500. The molecule has 1 aliphatic heterocycles. The maximum absolute atomic E-state index is 14.1. The molecule has 0 aliphatic carbocycles. The quantitative estimate of drug-likeness (QED) is 0.836. The number of hydrogen-bond donors (Lipinski definition) is 1. The largest absolute Gasteiger partial charge is 0.373 e. The molecule has 0 saturated carbocycles. The molecular weight excluding hydrogens is 255 g/mol. The van der Waals surface area contributed by atoms with Crippen LogP contribution in [0, 0.1) is 17.7 Å². The molecule has 0 aromatic heterocycles. The predicted molar refractivity (Wildman–Crippen MR) is 77.6 cm³/mol. The van der Waals surface area contributed by atoms with Crippen LogP contribution in [0.3, 0.4) is 0 Å². The molecule has 1 aromatic carbocycles. The van der Waals surface area contributed by atoms with Gasteiger partial charge in [0.15, 0.2) is 0 Å². The SMILES string of the molecule is CC1CN(Cc2ccc(C#CCN)cc2F)CC(C)O1. The van der Waals surface area contributed by atoms with Crippen LogP contribution < -0.4 is 5.73 Å². The molecule has 0 amide bonds. The predicted octanol–water partition coefficient (Wildman–Crippen LogP) is 1.75. The van der Waals surface area contributed by atoms with Gasteiger partial charge in [-0.2, -0.15) is 0 Å². The Hall–Kier alpha value is -1.41. The highest BCUT2D eigenvalue weighted by molar-refractivity contribution is 5.37. The van der Waals surface area contributed by atoms with E-state index in [1.807, 2.05) is 19.9 Å². The topological polar surface area (TPSA) is 38.5 Å². The maximum atomic E-state index is 14.1. The van der Waals surface area contributed by atoms with Crippen molar-refractivity contribution in [3.05, 3.63) is 35.1 Å². The zero-order valence-electron chi connectivity index (χ0n) is 12.0. The number of ether oxygens (including phenoxy) is 1. The lowest BCUT2D eigenvalue weighted by atomic mass is 10.1. The molecule has 1 heterocycles. The van der Waals surface area contributed by atoms with E-state index in [0.29, 0.717) is 17.7 Å². The Kier molecular flexibility index (Phi) is 5.13. The van der Waals surface area contributed by atoms with Crippen molar-refractivity contribution >= 4 is 0 Å². The lowest BCUT2D eigenvalue weighted by Gasteiger charge is -2.35. The average Bonchev–Trinajstić information content (AvgIpc) is 2.38. The molecule has 2 rings (SSSR count). The number of hydrogen-bond acceptors (Lipinski definition) is 3. The van der Waals surface area contributed by atoms with Crippen molar-refractivity contribution in [2.45, 2.75) is 32.6 Å². The minimum Gasteiger partial charge on any atom is -0.373 e. The minimum absolute atomic E-state index is 0.191. The van der Waals surface area contributed by atoms with E-state index in [9.17, 15) is 4.39 Å². The second kappa shape index (κ2) is 6.85. The molecule has 1 fully saturated rings. The number of nitrogens with two attached hydrogens (primary N) is 1. The summed E-state index contributed by atoms with van der Waals surface area (Å²) in [6, 6.07) is 5.13. The van der Waals surface area contributed by atoms with Crippen LogP contribution in [0.25, 0.3) is 0 Å². The smallest absolute Gasteiger partial charge is 0.128 e. The van der Waals surface area contributed by atoms with Crippen molar-refractivity contribution in [3.8, 4) is 11.8 Å². The summed E-state index contributed by atoms with van der Waals surface area (Å²) in [4.78, 5) is 2.22. The van der Waals surface area contributed by atoms with Crippen LogP contribution in [0.5, 0.6) is 0 Å². The van der Waals surface area contributed by atoms with Gasteiger partial charge in [-0.3, -0.25) is 4.90 Å². The Morgan fingerprint density at radius 3 is 2.65 bits per heavy atom. The molecule has 0 spiro atoms. The van der Waals surface area contributed by atoms with Gasteiger partial charge >= 0.3 is 0 Å². The van der Waals surface area contributed by atoms with Crippen LogP contribution in [0.1, 0.15) is 25.0 Å². The zero-order valence-corrected chi connectivity index (χ0v) is 12.0. The first-order chi connectivity index (χ1) is 9.58. The fourth-order valence-electron chi connectivity index (χ4n) is 2.56. The Labute approximate surface area is 119 Å². The van der Waals surface area contributed by atoms with Gasteiger partial charge < -0.3 is 10.5 Å². The van der Waals surface area contributed by atoms with Crippen molar-refractivity contribution in [3.63, 3.8) is 0 Å². The molecule has 2 atom stereocenters. The number of benzene rings is 1. The molecule has 0 radical (unpaired) electrons. The van der Waals surface area contributed by atoms with Crippen molar-refractivity contribution in [2.24, 2.45) is 5.73 Å². The van der Waals surface area contributed by atoms with E-state index in [4.69, 9.17) is 10.5 Å². The summed E-state index contributed by atoms with van der Waals surface area (Å²) in [6.45, 7) is 6.65. The average molecular weight is 276 g/mol. The summed E-state index contributed by atoms with van der Waals surface area (Å²) >= 11 is 0. The number of rotatable bonds is 2. The summed E-state index contributed by atoms with van der Waals surface area (Å²) in [6.07, 6.45) is 0.382. The first-order valence-corrected chi connectivity index (χ1v) is 6.93. The van der Waals surface area contributed by atoms with Gasteiger partial charge in [-0.15, -0.1) is 0 Å². The van der Waals surface area contributed by atoms with E-state index in [0.717, 1.165) is 13.1 Å². The lowest BCUT2D eigenvalue weighted by Crippen LogP contribution is -2.44. The third-order valence-corrected chi connectivity index (χ3v) is 3.28. The van der Waals surface area contributed by atoms with Gasteiger partial charge in [-0.1, -0.05) is 17.9 Å². The number of halogens is 1. The third kappa shape index (κ3) is 4.04. The van der Waals surface area contributed by atoms with Gasteiger partial charge in [-0.25, -0.2) is 4.39 Å². The van der Waals surface area contributed by atoms with Gasteiger partial charge in [0, 0.05) is 30.8 Å².